The molecule has 0 radical (unpaired) electrons. The first kappa shape index (κ1) is 56.2. The van der Waals surface area contributed by atoms with Gasteiger partial charge in [-0.05, 0) is 77.0 Å². The third-order valence-corrected chi connectivity index (χ3v) is 10.6. The second kappa shape index (κ2) is 44.7. The number of unbranched alkanes of at least 4 members (excludes halogenated alkanes) is 20. The maximum Gasteiger partial charge on any atom is 0.472 e. The van der Waals surface area contributed by atoms with E-state index in [2.05, 4.69) is 74.6 Å². The van der Waals surface area contributed by atoms with Crippen molar-refractivity contribution in [1.29, 1.82) is 0 Å². The zero-order valence-corrected chi connectivity index (χ0v) is 37.9. The third kappa shape index (κ3) is 43.7. The Bertz CT molecular complexity index is 1090. The van der Waals surface area contributed by atoms with Crippen molar-refractivity contribution in [3.63, 3.8) is 0 Å². The van der Waals surface area contributed by atoms with Gasteiger partial charge in [-0.3, -0.25) is 13.8 Å². The molecule has 0 saturated carbocycles. The number of phosphoric acid groups is 1. The first-order valence-corrected chi connectivity index (χ1v) is 24.8. The Labute approximate surface area is 355 Å². The molecule has 0 rings (SSSR count). The largest absolute Gasteiger partial charge is 0.472 e. The van der Waals surface area contributed by atoms with Crippen LogP contribution in [-0.2, 0) is 27.9 Å². The van der Waals surface area contributed by atoms with Crippen molar-refractivity contribution in [2.24, 2.45) is 0 Å². The summed E-state index contributed by atoms with van der Waals surface area (Å²) in [5.41, 5.74) is 0. The lowest BCUT2D eigenvalue weighted by Gasteiger charge is -2.20. The monoisotopic (exact) mass is 839 g/mol. The van der Waals surface area contributed by atoms with Crippen LogP contribution in [0.25, 0.3) is 0 Å². The fraction of sp³-hybridized carbons (Fsp3) is 0.771. The van der Waals surface area contributed by atoms with Crippen LogP contribution in [0.15, 0.2) is 60.8 Å². The van der Waals surface area contributed by atoms with E-state index in [1.165, 1.54) is 83.5 Å². The molecule has 0 aliphatic rings. The van der Waals surface area contributed by atoms with Gasteiger partial charge in [0, 0.05) is 13.0 Å². The summed E-state index contributed by atoms with van der Waals surface area (Å²) in [6, 6.07) is 0. The van der Waals surface area contributed by atoms with Gasteiger partial charge in [0.1, 0.15) is 12.2 Å². The maximum absolute atomic E-state index is 12.6. The minimum Gasteiger partial charge on any atom is -0.457 e. The van der Waals surface area contributed by atoms with Gasteiger partial charge >= 0.3 is 13.8 Å². The highest BCUT2D eigenvalue weighted by Crippen LogP contribution is 2.43. The Morgan fingerprint density at radius 3 is 1.50 bits per heavy atom. The van der Waals surface area contributed by atoms with Gasteiger partial charge in [0.15, 0.2) is 0 Å². The normalized spacial score (nSPS) is 14.5. The lowest BCUT2D eigenvalue weighted by atomic mass is 10.1. The molecule has 0 spiro atoms. The topological polar surface area (TPSA) is 132 Å². The summed E-state index contributed by atoms with van der Waals surface area (Å²) in [4.78, 5) is 22.6. The van der Waals surface area contributed by atoms with Crippen molar-refractivity contribution in [1.82, 2.24) is 0 Å². The number of rotatable bonds is 44. The summed E-state index contributed by atoms with van der Waals surface area (Å²) in [5, 5.41) is 18.4. The average molecular weight is 839 g/mol. The van der Waals surface area contributed by atoms with Crippen LogP contribution in [-0.4, -0.2) is 66.3 Å². The van der Waals surface area contributed by atoms with Crippen LogP contribution in [0.4, 0.5) is 0 Å². The van der Waals surface area contributed by atoms with E-state index in [9.17, 15) is 19.4 Å². The molecule has 58 heavy (non-hydrogen) atoms. The quantitative estimate of drug-likeness (QED) is 0.0237. The summed E-state index contributed by atoms with van der Waals surface area (Å²) in [6.07, 6.45) is 51.8. The van der Waals surface area contributed by atoms with Gasteiger partial charge in [0.05, 0.1) is 26.4 Å². The zero-order valence-electron chi connectivity index (χ0n) is 37.0. The van der Waals surface area contributed by atoms with Gasteiger partial charge in [-0.1, -0.05) is 171 Å². The predicted molar refractivity (Wildman–Crippen MR) is 242 cm³/mol. The Hall–Kier alpha value is -1.84. The molecule has 0 aromatic carbocycles. The molecule has 0 aliphatic heterocycles. The average Bonchev–Trinajstić information content (AvgIpc) is 3.21. The maximum atomic E-state index is 12.6. The van der Waals surface area contributed by atoms with E-state index in [0.717, 1.165) is 83.5 Å². The van der Waals surface area contributed by atoms with Crippen LogP contribution >= 0.6 is 7.82 Å². The number of aliphatic hydroxyl groups excluding tert-OH is 2. The molecule has 9 nitrogen and oxygen atoms in total. The first-order chi connectivity index (χ1) is 28.3. The van der Waals surface area contributed by atoms with Crippen molar-refractivity contribution in [2.45, 2.75) is 206 Å². The van der Waals surface area contributed by atoms with Crippen LogP contribution < -0.4 is 0 Å². The highest BCUT2D eigenvalue weighted by molar-refractivity contribution is 7.47. The number of allylic oxidation sites excluding steroid dienone is 10. The summed E-state index contributed by atoms with van der Waals surface area (Å²) in [7, 11) is -4.53. The van der Waals surface area contributed by atoms with Crippen LogP contribution in [0.2, 0.25) is 0 Å². The van der Waals surface area contributed by atoms with Crippen molar-refractivity contribution in [2.75, 3.05) is 33.0 Å². The molecule has 0 saturated heterocycles. The number of hydrogen-bond donors (Lipinski definition) is 3. The SMILES string of the molecule is CC/C=C\C/C=C\C/C=C\C/C=C\CCCCCCCCCCCOCC(COP(=O)(O)OCC(O)CO)OC(=O)CCCCCCC/C=C\CCCCCCCC. The van der Waals surface area contributed by atoms with Crippen molar-refractivity contribution < 1.29 is 43.0 Å². The molecule has 0 aromatic heterocycles. The van der Waals surface area contributed by atoms with Gasteiger partial charge in [0.25, 0.3) is 0 Å². The smallest absolute Gasteiger partial charge is 0.457 e. The second-order valence-electron chi connectivity index (χ2n) is 15.4. The molecule has 0 aliphatic carbocycles. The van der Waals surface area contributed by atoms with Crippen molar-refractivity contribution in [3.05, 3.63) is 60.8 Å². The first-order valence-electron chi connectivity index (χ1n) is 23.3. The molecule has 0 amide bonds. The minimum absolute atomic E-state index is 0.0400. The predicted octanol–water partition coefficient (Wildman–Crippen LogP) is 13.1. The van der Waals surface area contributed by atoms with Gasteiger partial charge in [-0.15, -0.1) is 0 Å². The highest BCUT2D eigenvalue weighted by atomic mass is 31.2. The van der Waals surface area contributed by atoms with Crippen LogP contribution in [0.5, 0.6) is 0 Å². The molecule has 3 N–H and O–H groups in total. The number of aliphatic hydroxyl groups is 2. The van der Waals surface area contributed by atoms with Crippen molar-refractivity contribution >= 4 is 13.8 Å². The van der Waals surface area contributed by atoms with E-state index in [1.807, 2.05) is 0 Å². The number of esters is 1. The molecular formula is C48H87O9P. The lowest BCUT2D eigenvalue weighted by molar-refractivity contribution is -0.154. The number of hydrogen-bond acceptors (Lipinski definition) is 8. The zero-order chi connectivity index (χ0) is 42.5. The molecule has 3 atom stereocenters. The van der Waals surface area contributed by atoms with E-state index in [4.69, 9.17) is 23.6 Å². The van der Waals surface area contributed by atoms with E-state index in [0.29, 0.717) is 13.0 Å². The molecule has 0 fully saturated rings. The van der Waals surface area contributed by atoms with Crippen LogP contribution in [0.1, 0.15) is 194 Å². The van der Waals surface area contributed by atoms with Crippen LogP contribution in [0, 0.1) is 0 Å². The van der Waals surface area contributed by atoms with Crippen LogP contribution in [0.3, 0.4) is 0 Å². The molecule has 10 heteroatoms. The summed E-state index contributed by atoms with van der Waals surface area (Å²) >= 11 is 0. The number of carbonyl (C=O) groups is 1. The fourth-order valence-electron chi connectivity index (χ4n) is 6.16. The van der Waals surface area contributed by atoms with Gasteiger partial charge in [0.2, 0.25) is 0 Å². The fourth-order valence-corrected chi connectivity index (χ4v) is 6.95. The number of phosphoric ester groups is 1. The Morgan fingerprint density at radius 2 is 0.983 bits per heavy atom. The highest BCUT2D eigenvalue weighted by Gasteiger charge is 2.26. The van der Waals surface area contributed by atoms with Gasteiger partial charge in [-0.2, -0.15) is 0 Å². The number of ether oxygens (including phenoxy) is 2. The number of carbonyl (C=O) groups excluding carboxylic acids is 1. The molecule has 338 valence electrons. The second-order valence-corrected chi connectivity index (χ2v) is 16.8. The summed E-state index contributed by atoms with van der Waals surface area (Å²) in [6.45, 7) is 3.38. The molecule has 0 heterocycles. The molecule has 0 aromatic rings. The third-order valence-electron chi connectivity index (χ3n) is 9.69. The van der Waals surface area contributed by atoms with E-state index < -0.39 is 39.2 Å². The van der Waals surface area contributed by atoms with Crippen molar-refractivity contribution in [3.8, 4) is 0 Å². The van der Waals surface area contributed by atoms with E-state index >= 15 is 0 Å². The summed E-state index contributed by atoms with van der Waals surface area (Å²) < 4.78 is 33.4. The van der Waals surface area contributed by atoms with E-state index in [1.54, 1.807) is 0 Å². The molecule has 3 unspecified atom stereocenters. The Morgan fingerprint density at radius 1 is 0.552 bits per heavy atom. The minimum atomic E-state index is -4.53. The molecule has 0 bridgehead atoms. The van der Waals surface area contributed by atoms with E-state index in [-0.39, 0.29) is 19.6 Å². The standard InChI is InChI=1S/C48H87O9P/c1-3-5-7-9-11-13-15-17-19-20-21-22-23-24-25-27-29-31-33-35-37-39-41-54-44-47(45-56-58(52,53)55-43-46(50)42-49)57-48(51)40-38-36-34-32-30-28-26-18-16-14-12-10-8-6-4-2/h5,7,11,13,17-19,21-22,26,46-47,49-50H,3-4,6,8-10,12,14-16,20,23-25,27-45H2,1-2H3,(H,52,53)/b7-5-,13-11-,19-17-,22-21-,26-18-. The van der Waals surface area contributed by atoms with Gasteiger partial charge < -0.3 is 24.6 Å². The summed E-state index contributed by atoms with van der Waals surface area (Å²) in [5.74, 6) is -0.394. The molecular weight excluding hydrogens is 751 g/mol. The Balaban J connectivity index is 4.14. The Kier molecular flexibility index (Phi) is 43.3. The lowest BCUT2D eigenvalue weighted by Crippen LogP contribution is -2.29. The van der Waals surface area contributed by atoms with Gasteiger partial charge in [-0.25, -0.2) is 4.57 Å².